The summed E-state index contributed by atoms with van der Waals surface area (Å²) >= 11 is 0. The van der Waals surface area contributed by atoms with E-state index >= 15 is 0 Å². The van der Waals surface area contributed by atoms with E-state index in [9.17, 15) is 9.50 Å². The lowest BCUT2D eigenvalue weighted by Gasteiger charge is -2.47. The first-order valence-corrected chi connectivity index (χ1v) is 7.55. The molecule has 0 spiro atoms. The number of piperidine rings is 1. The maximum Gasteiger partial charge on any atom is 0.125 e. The van der Waals surface area contributed by atoms with Gasteiger partial charge in [0.2, 0.25) is 0 Å². The zero-order valence-electron chi connectivity index (χ0n) is 11.8. The summed E-state index contributed by atoms with van der Waals surface area (Å²) in [5.74, 6) is 0.0956. The predicted molar refractivity (Wildman–Crippen MR) is 77.6 cm³/mol. The highest BCUT2D eigenvalue weighted by molar-refractivity contribution is 5.46. The average Bonchev–Trinajstić information content (AvgIpc) is 2.42. The van der Waals surface area contributed by atoms with Crippen LogP contribution in [0.5, 0.6) is 0 Å². The summed E-state index contributed by atoms with van der Waals surface area (Å²) in [6.45, 7) is 2.57. The van der Waals surface area contributed by atoms with Gasteiger partial charge in [-0.15, -0.1) is 0 Å². The number of aliphatic hydroxyl groups is 1. The van der Waals surface area contributed by atoms with Crippen LogP contribution in [-0.4, -0.2) is 28.7 Å². The summed E-state index contributed by atoms with van der Waals surface area (Å²) in [6.07, 6.45) is 5.28. The van der Waals surface area contributed by atoms with E-state index in [1.54, 1.807) is 6.07 Å². The highest BCUT2D eigenvalue weighted by atomic mass is 19.1. The smallest absolute Gasteiger partial charge is 0.125 e. The van der Waals surface area contributed by atoms with Crippen LogP contribution in [0.1, 0.15) is 37.7 Å². The number of hydrogen-bond donors (Lipinski definition) is 2. The quantitative estimate of drug-likeness (QED) is 0.817. The molecule has 2 aliphatic rings. The van der Waals surface area contributed by atoms with Crippen molar-refractivity contribution in [1.29, 1.82) is 0 Å². The first-order chi connectivity index (χ1) is 9.57. The van der Waals surface area contributed by atoms with Gasteiger partial charge in [-0.1, -0.05) is 18.9 Å². The number of rotatable bonds is 2. The van der Waals surface area contributed by atoms with E-state index < -0.39 is 5.60 Å². The first-order valence-electron chi connectivity index (χ1n) is 7.55. The van der Waals surface area contributed by atoms with Gasteiger partial charge in [0.1, 0.15) is 5.82 Å². The van der Waals surface area contributed by atoms with Crippen LogP contribution in [0, 0.1) is 11.7 Å². The van der Waals surface area contributed by atoms with Crippen molar-refractivity contribution in [3.8, 4) is 0 Å². The Balaban J connectivity index is 1.67. The Morgan fingerprint density at radius 3 is 3.00 bits per heavy atom. The molecule has 0 radical (unpaired) electrons. The molecule has 20 heavy (non-hydrogen) atoms. The largest absolute Gasteiger partial charge is 0.398 e. The molecule has 1 heterocycles. The van der Waals surface area contributed by atoms with Gasteiger partial charge in [-0.3, -0.25) is 4.90 Å². The van der Waals surface area contributed by atoms with Gasteiger partial charge >= 0.3 is 0 Å². The Hall–Kier alpha value is -1.13. The number of anilines is 1. The van der Waals surface area contributed by atoms with Crippen molar-refractivity contribution in [2.75, 3.05) is 18.8 Å². The molecular weight excluding hydrogens is 255 g/mol. The summed E-state index contributed by atoms with van der Waals surface area (Å²) < 4.78 is 13.1. The molecule has 3 N–H and O–H groups in total. The van der Waals surface area contributed by atoms with E-state index in [1.807, 2.05) is 0 Å². The predicted octanol–water partition coefficient (Wildman–Crippen LogP) is 2.53. The van der Waals surface area contributed by atoms with E-state index in [1.165, 1.54) is 18.6 Å². The van der Waals surface area contributed by atoms with Crippen LogP contribution in [0.15, 0.2) is 18.2 Å². The summed E-state index contributed by atoms with van der Waals surface area (Å²) in [6, 6.07) is 4.62. The number of hydrogen-bond acceptors (Lipinski definition) is 3. The van der Waals surface area contributed by atoms with Crippen LogP contribution in [0.3, 0.4) is 0 Å². The minimum absolute atomic E-state index is 0.286. The van der Waals surface area contributed by atoms with Gasteiger partial charge in [-0.2, -0.15) is 0 Å². The number of benzene rings is 1. The minimum atomic E-state index is -0.441. The number of halogens is 1. The van der Waals surface area contributed by atoms with Crippen LogP contribution in [0.4, 0.5) is 10.1 Å². The third-order valence-corrected chi connectivity index (χ3v) is 5.01. The zero-order chi connectivity index (χ0) is 14.2. The third-order valence-electron chi connectivity index (χ3n) is 5.01. The van der Waals surface area contributed by atoms with E-state index in [-0.39, 0.29) is 5.82 Å². The Bertz CT molecular complexity index is 493. The molecule has 1 saturated heterocycles. The van der Waals surface area contributed by atoms with Crippen molar-refractivity contribution in [3.05, 3.63) is 29.6 Å². The molecule has 2 fully saturated rings. The van der Waals surface area contributed by atoms with Crippen molar-refractivity contribution in [3.63, 3.8) is 0 Å². The van der Waals surface area contributed by atoms with E-state index in [0.29, 0.717) is 11.6 Å². The lowest BCUT2D eigenvalue weighted by molar-refractivity contribution is -0.0967. The van der Waals surface area contributed by atoms with Crippen molar-refractivity contribution in [2.45, 2.75) is 44.2 Å². The molecule has 4 heteroatoms. The summed E-state index contributed by atoms with van der Waals surface area (Å²) in [5, 5.41) is 10.7. The summed E-state index contributed by atoms with van der Waals surface area (Å²) in [5.41, 5.74) is 6.94. The summed E-state index contributed by atoms with van der Waals surface area (Å²) in [7, 11) is 0. The normalized spacial score (nSPS) is 31.0. The van der Waals surface area contributed by atoms with Crippen LogP contribution >= 0.6 is 0 Å². The molecule has 2 unspecified atom stereocenters. The fourth-order valence-corrected chi connectivity index (χ4v) is 3.73. The first kappa shape index (κ1) is 13.8. The third kappa shape index (κ3) is 2.67. The molecule has 2 atom stereocenters. The second-order valence-electron chi connectivity index (χ2n) is 6.37. The molecule has 3 nitrogen and oxygen atoms in total. The van der Waals surface area contributed by atoms with Crippen molar-refractivity contribution in [2.24, 2.45) is 5.92 Å². The molecule has 1 aromatic rings. The fraction of sp³-hybridized carbons (Fsp3) is 0.625. The molecular formula is C16H23FN2O. The van der Waals surface area contributed by atoms with Crippen LogP contribution in [-0.2, 0) is 6.54 Å². The topological polar surface area (TPSA) is 49.5 Å². The van der Waals surface area contributed by atoms with Gasteiger partial charge in [0, 0.05) is 31.2 Å². The number of nitrogens with zero attached hydrogens (tertiary/aromatic N) is 1. The van der Waals surface area contributed by atoms with Gasteiger partial charge < -0.3 is 10.8 Å². The average molecular weight is 278 g/mol. The maximum atomic E-state index is 13.1. The second kappa shape index (κ2) is 5.34. The van der Waals surface area contributed by atoms with Gasteiger partial charge in [0.25, 0.3) is 0 Å². The molecule has 1 aliphatic carbocycles. The Kier molecular flexibility index (Phi) is 3.69. The van der Waals surface area contributed by atoms with Gasteiger partial charge in [-0.25, -0.2) is 4.39 Å². The van der Waals surface area contributed by atoms with Crippen LogP contribution in [0.25, 0.3) is 0 Å². The van der Waals surface area contributed by atoms with Gasteiger partial charge in [-0.05, 0) is 37.0 Å². The number of nitrogen functional groups attached to an aromatic ring is 1. The second-order valence-corrected chi connectivity index (χ2v) is 6.37. The van der Waals surface area contributed by atoms with Crippen LogP contribution in [0.2, 0.25) is 0 Å². The SMILES string of the molecule is Nc1cc(F)ccc1CN1CCC2(O)CCCCC2C1. The highest BCUT2D eigenvalue weighted by Gasteiger charge is 2.42. The monoisotopic (exact) mass is 278 g/mol. The highest BCUT2D eigenvalue weighted by Crippen LogP contribution is 2.40. The molecule has 3 rings (SSSR count). The molecule has 110 valence electrons. The van der Waals surface area contributed by atoms with Gasteiger partial charge in [0.15, 0.2) is 0 Å². The van der Waals surface area contributed by atoms with Crippen molar-refractivity contribution < 1.29 is 9.50 Å². The number of fused-ring (bicyclic) bond motifs is 1. The Morgan fingerprint density at radius 1 is 1.35 bits per heavy atom. The standard InChI is InChI=1S/C16H23FN2O/c17-14-5-4-12(15(18)9-14)10-19-8-7-16(20)6-2-1-3-13(16)11-19/h4-5,9,13,20H,1-3,6-8,10-11,18H2. The maximum absolute atomic E-state index is 13.1. The Morgan fingerprint density at radius 2 is 2.20 bits per heavy atom. The lowest BCUT2D eigenvalue weighted by Crippen LogP contribution is -2.52. The lowest BCUT2D eigenvalue weighted by atomic mass is 9.71. The molecule has 1 aromatic carbocycles. The van der Waals surface area contributed by atoms with E-state index in [2.05, 4.69) is 4.90 Å². The molecule has 0 amide bonds. The Labute approximate surface area is 119 Å². The van der Waals surface area contributed by atoms with E-state index in [0.717, 1.165) is 50.9 Å². The molecule has 1 saturated carbocycles. The molecule has 0 aromatic heterocycles. The van der Waals surface area contributed by atoms with Crippen molar-refractivity contribution in [1.82, 2.24) is 4.90 Å². The zero-order valence-corrected chi connectivity index (χ0v) is 11.8. The van der Waals surface area contributed by atoms with Gasteiger partial charge in [0.05, 0.1) is 5.60 Å². The fourth-order valence-electron chi connectivity index (χ4n) is 3.73. The number of nitrogens with two attached hydrogens (primary N) is 1. The van der Waals surface area contributed by atoms with E-state index in [4.69, 9.17) is 5.73 Å². The minimum Gasteiger partial charge on any atom is -0.398 e. The van der Waals surface area contributed by atoms with Crippen LogP contribution < -0.4 is 5.73 Å². The molecule has 0 bridgehead atoms. The number of likely N-dealkylation sites (tertiary alicyclic amines) is 1. The van der Waals surface area contributed by atoms with Crippen molar-refractivity contribution >= 4 is 5.69 Å². The molecule has 1 aliphatic heterocycles. The summed E-state index contributed by atoms with van der Waals surface area (Å²) in [4.78, 5) is 2.34.